The zero-order chi connectivity index (χ0) is 19.0. The van der Waals surface area contributed by atoms with Crippen LogP contribution in [-0.2, 0) is 13.2 Å². The Morgan fingerprint density at radius 1 is 0.893 bits per heavy atom. The molecule has 6 rings (SSSR count). The fourth-order valence-electron chi connectivity index (χ4n) is 6.53. The molecule has 0 spiro atoms. The standard InChI is InChI=1S/C25H31NO2/c1-27-23-9-5-8-22(24(23)28-17-18-6-3-2-4-7-18)16-26-25-13-19-10-20(14-25)12-21(11-19)15-25/h2-9,19-21,26H,10-17H2,1H3/p+1. The number of benzene rings is 2. The lowest BCUT2D eigenvalue weighted by molar-refractivity contribution is -0.752. The number of ether oxygens (including phenoxy) is 2. The van der Waals surface area contributed by atoms with Gasteiger partial charge in [-0.1, -0.05) is 36.4 Å². The lowest BCUT2D eigenvalue weighted by atomic mass is 9.53. The minimum Gasteiger partial charge on any atom is -0.493 e. The van der Waals surface area contributed by atoms with Crippen LogP contribution in [0.3, 0.4) is 0 Å². The fraction of sp³-hybridized carbons (Fsp3) is 0.520. The summed E-state index contributed by atoms with van der Waals surface area (Å²) in [5.41, 5.74) is 2.92. The van der Waals surface area contributed by atoms with E-state index in [0.717, 1.165) is 35.8 Å². The molecule has 0 heterocycles. The molecule has 0 radical (unpaired) electrons. The Morgan fingerprint density at radius 2 is 1.57 bits per heavy atom. The van der Waals surface area contributed by atoms with Gasteiger partial charge < -0.3 is 14.8 Å². The van der Waals surface area contributed by atoms with Crippen molar-refractivity contribution in [1.82, 2.24) is 0 Å². The van der Waals surface area contributed by atoms with E-state index in [0.29, 0.717) is 12.1 Å². The first-order valence-corrected chi connectivity index (χ1v) is 10.9. The van der Waals surface area contributed by atoms with Gasteiger partial charge in [-0.2, -0.15) is 0 Å². The van der Waals surface area contributed by atoms with E-state index in [1.165, 1.54) is 49.7 Å². The zero-order valence-corrected chi connectivity index (χ0v) is 16.9. The van der Waals surface area contributed by atoms with Crippen molar-refractivity contribution >= 4 is 0 Å². The highest BCUT2D eigenvalue weighted by atomic mass is 16.5. The summed E-state index contributed by atoms with van der Waals surface area (Å²) < 4.78 is 11.9. The molecule has 28 heavy (non-hydrogen) atoms. The van der Waals surface area contributed by atoms with Crippen molar-refractivity contribution in [2.75, 3.05) is 7.11 Å². The highest BCUT2D eigenvalue weighted by molar-refractivity contribution is 5.46. The van der Waals surface area contributed by atoms with Gasteiger partial charge in [0, 0.05) is 19.3 Å². The van der Waals surface area contributed by atoms with Crippen LogP contribution in [0.25, 0.3) is 0 Å². The maximum Gasteiger partial charge on any atom is 0.170 e. The maximum absolute atomic E-state index is 6.27. The number of rotatable bonds is 7. The Hall–Kier alpha value is -2.00. The average Bonchev–Trinajstić information content (AvgIpc) is 2.70. The van der Waals surface area contributed by atoms with Gasteiger partial charge in [-0.15, -0.1) is 0 Å². The van der Waals surface area contributed by atoms with Crippen LogP contribution >= 0.6 is 0 Å². The van der Waals surface area contributed by atoms with Gasteiger partial charge in [-0.3, -0.25) is 0 Å². The Balaban J connectivity index is 1.32. The smallest absolute Gasteiger partial charge is 0.170 e. The first-order valence-electron chi connectivity index (χ1n) is 10.9. The van der Waals surface area contributed by atoms with Crippen molar-refractivity contribution < 1.29 is 14.8 Å². The topological polar surface area (TPSA) is 35.1 Å². The van der Waals surface area contributed by atoms with Gasteiger partial charge in [0.25, 0.3) is 0 Å². The third-order valence-electron chi connectivity index (χ3n) is 7.35. The van der Waals surface area contributed by atoms with E-state index in [2.05, 4.69) is 41.7 Å². The van der Waals surface area contributed by atoms with Crippen molar-refractivity contribution in [1.29, 1.82) is 0 Å². The molecular weight excluding hydrogens is 346 g/mol. The summed E-state index contributed by atoms with van der Waals surface area (Å²) in [7, 11) is 1.73. The number of nitrogens with two attached hydrogens (primary N) is 1. The van der Waals surface area contributed by atoms with E-state index < -0.39 is 0 Å². The van der Waals surface area contributed by atoms with Gasteiger partial charge in [0.2, 0.25) is 0 Å². The molecule has 0 aliphatic heterocycles. The summed E-state index contributed by atoms with van der Waals surface area (Å²) in [6.45, 7) is 1.55. The monoisotopic (exact) mass is 378 g/mol. The Morgan fingerprint density at radius 3 is 2.21 bits per heavy atom. The van der Waals surface area contributed by atoms with Crippen LogP contribution in [0.2, 0.25) is 0 Å². The van der Waals surface area contributed by atoms with E-state index in [1.807, 2.05) is 12.1 Å². The van der Waals surface area contributed by atoms with Gasteiger partial charge >= 0.3 is 0 Å². The maximum atomic E-state index is 6.27. The second-order valence-corrected chi connectivity index (χ2v) is 9.41. The van der Waals surface area contributed by atoms with E-state index in [4.69, 9.17) is 9.47 Å². The summed E-state index contributed by atoms with van der Waals surface area (Å²) in [5, 5.41) is 2.65. The molecule has 0 amide bonds. The summed E-state index contributed by atoms with van der Waals surface area (Å²) in [4.78, 5) is 0. The summed E-state index contributed by atoms with van der Waals surface area (Å²) in [6.07, 6.45) is 8.75. The minimum atomic E-state index is 0.481. The molecule has 3 heteroatoms. The SMILES string of the molecule is COc1cccc(C[NH2+]C23CC4CC(CC(C4)C2)C3)c1OCc1ccccc1. The van der Waals surface area contributed by atoms with Crippen LogP contribution in [0.4, 0.5) is 0 Å². The van der Waals surface area contributed by atoms with E-state index in [-0.39, 0.29) is 0 Å². The van der Waals surface area contributed by atoms with E-state index >= 15 is 0 Å². The molecule has 4 aliphatic carbocycles. The van der Waals surface area contributed by atoms with Crippen LogP contribution in [0.15, 0.2) is 48.5 Å². The normalized spacial score (nSPS) is 30.4. The molecule has 0 unspecified atom stereocenters. The fourth-order valence-corrected chi connectivity index (χ4v) is 6.53. The Kier molecular flexibility index (Phi) is 4.80. The van der Waals surface area contributed by atoms with Crippen LogP contribution in [0.1, 0.15) is 49.7 Å². The van der Waals surface area contributed by atoms with Crippen LogP contribution in [0, 0.1) is 17.8 Å². The van der Waals surface area contributed by atoms with Gasteiger partial charge in [-0.05, 0) is 54.7 Å². The van der Waals surface area contributed by atoms with E-state index in [1.54, 1.807) is 7.11 Å². The third kappa shape index (κ3) is 3.53. The van der Waals surface area contributed by atoms with Gasteiger partial charge in [0.05, 0.1) is 18.2 Å². The molecule has 4 bridgehead atoms. The number of hydrogen-bond acceptors (Lipinski definition) is 2. The molecule has 4 aliphatic rings. The number of hydrogen-bond donors (Lipinski definition) is 1. The molecule has 4 fully saturated rings. The molecule has 4 saturated carbocycles. The van der Waals surface area contributed by atoms with Crippen molar-refractivity contribution in [2.45, 2.75) is 57.2 Å². The van der Waals surface area contributed by atoms with Crippen LogP contribution in [0.5, 0.6) is 11.5 Å². The molecule has 2 aromatic carbocycles. The Bertz CT molecular complexity index is 781. The highest BCUT2D eigenvalue weighted by Gasteiger charge is 2.53. The first kappa shape index (κ1) is 18.1. The molecule has 0 atom stereocenters. The molecule has 2 N–H and O–H groups in total. The van der Waals surface area contributed by atoms with Crippen LogP contribution < -0.4 is 14.8 Å². The largest absolute Gasteiger partial charge is 0.493 e. The minimum absolute atomic E-state index is 0.481. The lowest BCUT2D eigenvalue weighted by Crippen LogP contribution is -2.97. The zero-order valence-electron chi connectivity index (χ0n) is 16.9. The van der Waals surface area contributed by atoms with Crippen molar-refractivity contribution in [3.63, 3.8) is 0 Å². The van der Waals surface area contributed by atoms with Crippen LogP contribution in [-0.4, -0.2) is 12.6 Å². The number of para-hydroxylation sites is 1. The molecule has 2 aromatic rings. The van der Waals surface area contributed by atoms with Crippen molar-refractivity contribution in [3.8, 4) is 11.5 Å². The summed E-state index contributed by atoms with van der Waals surface area (Å²) in [5.74, 6) is 4.71. The van der Waals surface area contributed by atoms with Crippen molar-refractivity contribution in [3.05, 3.63) is 59.7 Å². The number of quaternary nitrogens is 1. The van der Waals surface area contributed by atoms with Crippen molar-refractivity contribution in [2.24, 2.45) is 17.8 Å². The van der Waals surface area contributed by atoms with E-state index in [9.17, 15) is 0 Å². The van der Waals surface area contributed by atoms with Gasteiger partial charge in [0.15, 0.2) is 11.5 Å². The lowest BCUT2D eigenvalue weighted by Gasteiger charge is -2.54. The highest BCUT2D eigenvalue weighted by Crippen LogP contribution is 2.54. The molecule has 148 valence electrons. The second kappa shape index (κ2) is 7.44. The quantitative estimate of drug-likeness (QED) is 0.779. The molecule has 0 saturated heterocycles. The second-order valence-electron chi connectivity index (χ2n) is 9.41. The predicted molar refractivity (Wildman–Crippen MR) is 110 cm³/mol. The predicted octanol–water partition coefficient (Wildman–Crippen LogP) is 4.31. The Labute approximate surface area is 168 Å². The summed E-state index contributed by atoms with van der Waals surface area (Å²) >= 11 is 0. The number of methoxy groups -OCH3 is 1. The molecule has 0 aromatic heterocycles. The molecule has 3 nitrogen and oxygen atoms in total. The summed E-state index contributed by atoms with van der Waals surface area (Å²) in [6, 6.07) is 16.7. The van der Waals surface area contributed by atoms with Gasteiger partial charge in [0.1, 0.15) is 13.2 Å². The molecular formula is C25H32NO2+. The third-order valence-corrected chi connectivity index (χ3v) is 7.35. The average molecular weight is 379 g/mol. The first-order chi connectivity index (χ1) is 13.7. The van der Waals surface area contributed by atoms with Gasteiger partial charge in [-0.25, -0.2) is 0 Å².